The van der Waals surface area contributed by atoms with Gasteiger partial charge in [0.1, 0.15) is 0 Å². The summed E-state index contributed by atoms with van der Waals surface area (Å²) in [5.74, 6) is 0. The van der Waals surface area contributed by atoms with E-state index in [2.05, 4.69) is 22.6 Å². The SMILES string of the molecule is O=Cc1c(O)sc2cccc(I)c12. The zero-order valence-corrected chi connectivity index (χ0v) is 9.43. The van der Waals surface area contributed by atoms with E-state index in [1.807, 2.05) is 18.2 Å². The van der Waals surface area contributed by atoms with Crippen LogP contribution in [0.15, 0.2) is 18.2 Å². The molecular formula is C9H5IO2S. The fourth-order valence-electron chi connectivity index (χ4n) is 1.23. The predicted octanol–water partition coefficient (Wildman–Crippen LogP) is 3.02. The maximum Gasteiger partial charge on any atom is 0.183 e. The minimum absolute atomic E-state index is 0.106. The summed E-state index contributed by atoms with van der Waals surface area (Å²) in [6.45, 7) is 0. The molecule has 0 spiro atoms. The summed E-state index contributed by atoms with van der Waals surface area (Å²) < 4.78 is 1.94. The first-order valence-electron chi connectivity index (χ1n) is 3.59. The van der Waals surface area contributed by atoms with Crippen LogP contribution >= 0.6 is 33.9 Å². The molecule has 0 aliphatic rings. The number of benzene rings is 1. The van der Waals surface area contributed by atoms with Crippen LogP contribution in [0, 0.1) is 3.57 Å². The molecule has 0 saturated carbocycles. The molecule has 0 bridgehead atoms. The van der Waals surface area contributed by atoms with Gasteiger partial charge in [0.25, 0.3) is 0 Å². The van der Waals surface area contributed by atoms with Crippen molar-refractivity contribution >= 4 is 50.3 Å². The van der Waals surface area contributed by atoms with Gasteiger partial charge in [0, 0.05) is 13.7 Å². The monoisotopic (exact) mass is 304 g/mol. The molecule has 0 amide bonds. The van der Waals surface area contributed by atoms with E-state index in [0.717, 1.165) is 13.7 Å². The van der Waals surface area contributed by atoms with Gasteiger partial charge in [-0.1, -0.05) is 17.4 Å². The van der Waals surface area contributed by atoms with Gasteiger partial charge >= 0.3 is 0 Å². The Labute approximate surface area is 92.3 Å². The summed E-state index contributed by atoms with van der Waals surface area (Å²) in [5.41, 5.74) is 0.407. The molecule has 2 aromatic rings. The average molecular weight is 304 g/mol. The number of hydrogen-bond donors (Lipinski definition) is 1. The molecule has 13 heavy (non-hydrogen) atoms. The number of halogens is 1. The molecule has 1 N–H and O–H groups in total. The third-order valence-corrected chi connectivity index (χ3v) is 3.67. The van der Waals surface area contributed by atoms with Crippen LogP contribution < -0.4 is 0 Å². The van der Waals surface area contributed by atoms with Crippen molar-refractivity contribution in [2.45, 2.75) is 0 Å². The molecule has 1 aromatic carbocycles. The van der Waals surface area contributed by atoms with Crippen molar-refractivity contribution in [3.8, 4) is 5.06 Å². The van der Waals surface area contributed by atoms with Crippen molar-refractivity contribution in [3.63, 3.8) is 0 Å². The third kappa shape index (κ3) is 1.34. The van der Waals surface area contributed by atoms with Crippen molar-refractivity contribution in [3.05, 3.63) is 27.3 Å². The summed E-state index contributed by atoms with van der Waals surface area (Å²) in [7, 11) is 0. The van der Waals surface area contributed by atoms with E-state index >= 15 is 0 Å². The van der Waals surface area contributed by atoms with Crippen LogP contribution in [0.3, 0.4) is 0 Å². The maximum absolute atomic E-state index is 10.7. The lowest BCUT2D eigenvalue weighted by Gasteiger charge is -1.93. The highest BCUT2D eigenvalue weighted by molar-refractivity contribution is 14.1. The number of fused-ring (bicyclic) bond motifs is 1. The fraction of sp³-hybridized carbons (Fsp3) is 0. The van der Waals surface area contributed by atoms with E-state index in [9.17, 15) is 9.90 Å². The van der Waals surface area contributed by atoms with Crippen molar-refractivity contribution in [2.75, 3.05) is 0 Å². The summed E-state index contributed by atoms with van der Waals surface area (Å²) in [5, 5.41) is 10.4. The van der Waals surface area contributed by atoms with E-state index in [0.29, 0.717) is 11.8 Å². The van der Waals surface area contributed by atoms with Gasteiger partial charge in [-0.25, -0.2) is 0 Å². The van der Waals surface area contributed by atoms with Crippen molar-refractivity contribution in [1.29, 1.82) is 0 Å². The van der Waals surface area contributed by atoms with E-state index in [1.165, 1.54) is 11.3 Å². The van der Waals surface area contributed by atoms with E-state index in [4.69, 9.17) is 0 Å². The van der Waals surface area contributed by atoms with Crippen LogP contribution in [0.25, 0.3) is 10.1 Å². The van der Waals surface area contributed by atoms with Gasteiger partial charge in [-0.3, -0.25) is 4.79 Å². The Kier molecular flexibility index (Phi) is 2.25. The average Bonchev–Trinajstić information content (AvgIpc) is 2.42. The van der Waals surface area contributed by atoms with Gasteiger partial charge in [-0.05, 0) is 34.7 Å². The molecule has 0 unspecified atom stereocenters. The van der Waals surface area contributed by atoms with Gasteiger partial charge in [-0.15, -0.1) is 0 Å². The molecule has 0 atom stereocenters. The number of hydrogen-bond acceptors (Lipinski definition) is 3. The number of rotatable bonds is 1. The van der Waals surface area contributed by atoms with Crippen molar-refractivity contribution in [2.24, 2.45) is 0 Å². The van der Waals surface area contributed by atoms with Gasteiger partial charge in [0.05, 0.1) is 5.56 Å². The van der Waals surface area contributed by atoms with Gasteiger partial charge < -0.3 is 5.11 Å². The first-order valence-corrected chi connectivity index (χ1v) is 5.48. The molecule has 1 aromatic heterocycles. The van der Waals surface area contributed by atoms with Crippen LogP contribution in [0.4, 0.5) is 0 Å². The largest absolute Gasteiger partial charge is 0.499 e. The Balaban J connectivity index is 2.96. The molecule has 0 radical (unpaired) electrons. The molecule has 1 heterocycles. The van der Waals surface area contributed by atoms with Crippen molar-refractivity contribution < 1.29 is 9.90 Å². The molecular weight excluding hydrogens is 299 g/mol. The van der Waals surface area contributed by atoms with Gasteiger partial charge in [0.2, 0.25) is 0 Å². The number of aldehydes is 1. The predicted molar refractivity (Wildman–Crippen MR) is 61.6 cm³/mol. The zero-order valence-electron chi connectivity index (χ0n) is 6.45. The number of carbonyl (C=O) groups is 1. The first-order chi connectivity index (χ1) is 6.24. The van der Waals surface area contributed by atoms with E-state index in [-0.39, 0.29) is 5.06 Å². The quantitative estimate of drug-likeness (QED) is 0.649. The Morgan fingerprint density at radius 1 is 1.46 bits per heavy atom. The minimum Gasteiger partial charge on any atom is -0.499 e. The molecule has 0 fully saturated rings. The van der Waals surface area contributed by atoms with Crippen LogP contribution in [-0.4, -0.2) is 11.4 Å². The molecule has 2 nitrogen and oxygen atoms in total. The van der Waals surface area contributed by atoms with Crippen LogP contribution in [-0.2, 0) is 0 Å². The Morgan fingerprint density at radius 2 is 2.23 bits per heavy atom. The lowest BCUT2D eigenvalue weighted by molar-refractivity contribution is 0.112. The Hall–Kier alpha value is -0.620. The van der Waals surface area contributed by atoms with Crippen LogP contribution in [0.2, 0.25) is 0 Å². The first kappa shape index (κ1) is 8.96. The molecule has 2 rings (SSSR count). The number of thiophene rings is 1. The molecule has 0 aliphatic heterocycles. The molecule has 66 valence electrons. The van der Waals surface area contributed by atoms with Crippen LogP contribution in [0.1, 0.15) is 10.4 Å². The second-order valence-electron chi connectivity index (χ2n) is 2.55. The van der Waals surface area contributed by atoms with Gasteiger partial charge in [-0.2, -0.15) is 0 Å². The minimum atomic E-state index is 0.106. The lowest BCUT2D eigenvalue weighted by atomic mass is 10.2. The smallest absolute Gasteiger partial charge is 0.183 e. The summed E-state index contributed by atoms with van der Waals surface area (Å²) >= 11 is 3.39. The highest BCUT2D eigenvalue weighted by atomic mass is 127. The molecule has 4 heteroatoms. The van der Waals surface area contributed by atoms with Crippen molar-refractivity contribution in [1.82, 2.24) is 0 Å². The van der Waals surface area contributed by atoms with Gasteiger partial charge in [0.15, 0.2) is 11.3 Å². The fourth-order valence-corrected chi connectivity index (χ4v) is 3.13. The highest BCUT2D eigenvalue weighted by Crippen LogP contribution is 2.37. The molecule has 0 saturated heterocycles. The van der Waals surface area contributed by atoms with E-state index in [1.54, 1.807) is 0 Å². The second-order valence-corrected chi connectivity index (χ2v) is 4.74. The normalized spacial score (nSPS) is 10.5. The second kappa shape index (κ2) is 3.26. The Morgan fingerprint density at radius 3 is 2.92 bits per heavy atom. The number of aromatic hydroxyl groups is 1. The van der Waals surface area contributed by atoms with Crippen LogP contribution in [0.5, 0.6) is 5.06 Å². The molecule has 0 aliphatic carbocycles. The standard InChI is InChI=1S/C9H5IO2S/c10-6-2-1-3-7-8(6)5(4-11)9(12)13-7/h1-4,12H. The lowest BCUT2D eigenvalue weighted by Crippen LogP contribution is -1.79. The Bertz CT molecular complexity index is 476. The summed E-state index contributed by atoms with van der Waals surface area (Å²) in [6, 6.07) is 5.73. The summed E-state index contributed by atoms with van der Waals surface area (Å²) in [6.07, 6.45) is 0.705. The zero-order chi connectivity index (χ0) is 9.42. The third-order valence-electron chi connectivity index (χ3n) is 1.80. The van der Waals surface area contributed by atoms with E-state index < -0.39 is 0 Å². The highest BCUT2D eigenvalue weighted by Gasteiger charge is 2.12. The summed E-state index contributed by atoms with van der Waals surface area (Å²) in [4.78, 5) is 10.7. The number of carbonyl (C=O) groups excluding carboxylic acids is 1. The maximum atomic E-state index is 10.7. The topological polar surface area (TPSA) is 37.3 Å².